The van der Waals surface area contributed by atoms with Crippen molar-refractivity contribution in [2.75, 3.05) is 13.2 Å². The number of sulfonamides is 1. The minimum atomic E-state index is -3.60. The third-order valence-electron chi connectivity index (χ3n) is 3.29. The van der Waals surface area contributed by atoms with Crippen LogP contribution in [0.2, 0.25) is 0 Å². The number of hydrogen-bond acceptors (Lipinski definition) is 3. The number of benzene rings is 1. The summed E-state index contributed by atoms with van der Waals surface area (Å²) in [5.41, 5.74) is 0.329. The van der Waals surface area contributed by atoms with Gasteiger partial charge in [0.2, 0.25) is 10.0 Å². The maximum atomic E-state index is 13.2. The Labute approximate surface area is 113 Å². The van der Waals surface area contributed by atoms with E-state index in [1.54, 1.807) is 13.8 Å². The second-order valence-electron chi connectivity index (χ2n) is 4.98. The van der Waals surface area contributed by atoms with Crippen LogP contribution < -0.4 is 0 Å². The predicted octanol–water partition coefficient (Wildman–Crippen LogP) is 1.93. The fourth-order valence-corrected chi connectivity index (χ4v) is 3.90. The second kappa shape index (κ2) is 5.19. The molecule has 0 radical (unpaired) electrons. The smallest absolute Gasteiger partial charge is 0.243 e. The first-order chi connectivity index (χ1) is 8.82. The molecule has 1 aliphatic rings. The van der Waals surface area contributed by atoms with Crippen molar-refractivity contribution in [1.29, 1.82) is 0 Å². The fraction of sp³-hybridized carbons (Fsp3) is 0.538. The molecule has 1 aliphatic heterocycles. The Morgan fingerprint density at radius 2 is 2.05 bits per heavy atom. The maximum Gasteiger partial charge on any atom is 0.243 e. The third-order valence-corrected chi connectivity index (χ3v) is 5.26. The largest absolute Gasteiger partial charge is 0.375 e. The van der Waals surface area contributed by atoms with Gasteiger partial charge in [0.15, 0.2) is 0 Å². The minimum Gasteiger partial charge on any atom is -0.375 e. The minimum absolute atomic E-state index is 0.132. The monoisotopic (exact) mass is 287 g/mol. The molecular formula is C13H18FNO3S. The van der Waals surface area contributed by atoms with Crippen molar-refractivity contribution in [2.45, 2.75) is 37.8 Å². The van der Waals surface area contributed by atoms with E-state index in [0.29, 0.717) is 18.7 Å². The molecule has 6 heteroatoms. The van der Waals surface area contributed by atoms with Gasteiger partial charge >= 0.3 is 0 Å². The summed E-state index contributed by atoms with van der Waals surface area (Å²) >= 11 is 0. The summed E-state index contributed by atoms with van der Waals surface area (Å²) in [7, 11) is -3.60. The standard InChI is InChI=1S/C13H18FNO3S/c1-9-6-12(4-5-13(9)14)19(16,17)15-7-11(3)18-8-10(15)2/h4-6,10-11H,7-8H2,1-3H3. The number of ether oxygens (including phenoxy) is 1. The number of halogens is 1. The van der Waals surface area contributed by atoms with E-state index in [0.717, 1.165) is 0 Å². The lowest BCUT2D eigenvalue weighted by Crippen LogP contribution is -2.50. The SMILES string of the molecule is Cc1cc(S(=O)(=O)N2CC(C)OCC2C)ccc1F. The Balaban J connectivity index is 2.38. The van der Waals surface area contributed by atoms with Crippen LogP contribution in [0, 0.1) is 12.7 Å². The van der Waals surface area contributed by atoms with Gasteiger partial charge in [-0.15, -0.1) is 0 Å². The molecule has 0 spiro atoms. The summed E-state index contributed by atoms with van der Waals surface area (Å²) in [4.78, 5) is 0.132. The summed E-state index contributed by atoms with van der Waals surface area (Å²) in [5, 5.41) is 0. The van der Waals surface area contributed by atoms with Gasteiger partial charge in [-0.3, -0.25) is 0 Å². The van der Waals surface area contributed by atoms with E-state index >= 15 is 0 Å². The lowest BCUT2D eigenvalue weighted by atomic mass is 10.2. The Kier molecular flexibility index (Phi) is 3.94. The van der Waals surface area contributed by atoms with E-state index in [-0.39, 0.29) is 17.0 Å². The van der Waals surface area contributed by atoms with Gasteiger partial charge in [-0.1, -0.05) is 0 Å². The average molecular weight is 287 g/mol. The quantitative estimate of drug-likeness (QED) is 0.835. The molecule has 2 rings (SSSR count). The van der Waals surface area contributed by atoms with E-state index in [2.05, 4.69) is 0 Å². The van der Waals surface area contributed by atoms with Gasteiger partial charge in [-0.25, -0.2) is 12.8 Å². The van der Waals surface area contributed by atoms with Crippen LogP contribution in [0.3, 0.4) is 0 Å². The number of morpholine rings is 1. The van der Waals surface area contributed by atoms with Gasteiger partial charge in [0, 0.05) is 12.6 Å². The van der Waals surface area contributed by atoms with Crippen molar-refractivity contribution in [3.8, 4) is 0 Å². The zero-order chi connectivity index (χ0) is 14.2. The number of nitrogens with zero attached hydrogens (tertiary/aromatic N) is 1. The second-order valence-corrected chi connectivity index (χ2v) is 6.87. The maximum absolute atomic E-state index is 13.2. The molecule has 1 fully saturated rings. The first-order valence-corrected chi connectivity index (χ1v) is 7.66. The molecule has 0 bridgehead atoms. The Bertz CT molecular complexity index is 573. The molecule has 4 nitrogen and oxygen atoms in total. The van der Waals surface area contributed by atoms with Crippen molar-refractivity contribution in [3.63, 3.8) is 0 Å². The Morgan fingerprint density at radius 1 is 1.37 bits per heavy atom. The summed E-state index contributed by atoms with van der Waals surface area (Å²) in [6.45, 7) is 5.89. The van der Waals surface area contributed by atoms with Crippen molar-refractivity contribution < 1.29 is 17.5 Å². The Hall–Kier alpha value is -0.980. The van der Waals surface area contributed by atoms with E-state index in [4.69, 9.17) is 4.74 Å². The number of hydrogen-bond donors (Lipinski definition) is 0. The van der Waals surface area contributed by atoms with E-state index < -0.39 is 15.8 Å². The van der Waals surface area contributed by atoms with Crippen molar-refractivity contribution >= 4 is 10.0 Å². The van der Waals surface area contributed by atoms with Gasteiger partial charge in [0.25, 0.3) is 0 Å². The fourth-order valence-electron chi connectivity index (χ4n) is 2.12. The molecule has 0 saturated carbocycles. The van der Waals surface area contributed by atoms with Crippen LogP contribution in [0.25, 0.3) is 0 Å². The molecule has 2 unspecified atom stereocenters. The van der Waals surface area contributed by atoms with Crippen molar-refractivity contribution in [1.82, 2.24) is 4.31 Å². The van der Waals surface area contributed by atoms with Gasteiger partial charge in [-0.2, -0.15) is 4.31 Å². The van der Waals surface area contributed by atoms with Crippen LogP contribution in [0.1, 0.15) is 19.4 Å². The summed E-state index contributed by atoms with van der Waals surface area (Å²) < 4.78 is 45.2. The molecule has 1 aromatic rings. The van der Waals surface area contributed by atoms with Crippen LogP contribution in [-0.2, 0) is 14.8 Å². The van der Waals surface area contributed by atoms with Gasteiger partial charge in [0.05, 0.1) is 17.6 Å². The zero-order valence-electron chi connectivity index (χ0n) is 11.3. The number of aryl methyl sites for hydroxylation is 1. The summed E-state index contributed by atoms with van der Waals surface area (Å²) in [5.74, 6) is -0.401. The normalized spacial score (nSPS) is 25.5. The molecule has 0 amide bonds. The number of rotatable bonds is 2. The molecule has 2 atom stereocenters. The Morgan fingerprint density at radius 3 is 2.68 bits per heavy atom. The highest BCUT2D eigenvalue weighted by Crippen LogP contribution is 2.23. The molecule has 106 valence electrons. The lowest BCUT2D eigenvalue weighted by molar-refractivity contribution is -0.0170. The lowest BCUT2D eigenvalue weighted by Gasteiger charge is -2.35. The summed E-state index contributed by atoms with van der Waals surface area (Å²) in [6.07, 6.45) is -0.132. The molecule has 1 saturated heterocycles. The molecule has 0 aliphatic carbocycles. The van der Waals surface area contributed by atoms with E-state index in [9.17, 15) is 12.8 Å². The van der Waals surface area contributed by atoms with Crippen molar-refractivity contribution in [2.24, 2.45) is 0 Å². The van der Waals surface area contributed by atoms with Crippen LogP contribution in [-0.4, -0.2) is 38.0 Å². The molecule has 1 aromatic carbocycles. The van der Waals surface area contributed by atoms with Gasteiger partial charge in [0.1, 0.15) is 5.82 Å². The first-order valence-electron chi connectivity index (χ1n) is 6.22. The molecule has 0 aromatic heterocycles. The van der Waals surface area contributed by atoms with Crippen LogP contribution >= 0.6 is 0 Å². The van der Waals surface area contributed by atoms with Crippen LogP contribution in [0.4, 0.5) is 4.39 Å². The predicted molar refractivity (Wildman–Crippen MR) is 69.9 cm³/mol. The van der Waals surface area contributed by atoms with Crippen molar-refractivity contribution in [3.05, 3.63) is 29.6 Å². The highest BCUT2D eigenvalue weighted by atomic mass is 32.2. The van der Waals surface area contributed by atoms with Crippen LogP contribution in [0.5, 0.6) is 0 Å². The van der Waals surface area contributed by atoms with Gasteiger partial charge < -0.3 is 4.74 Å². The zero-order valence-corrected chi connectivity index (χ0v) is 12.1. The molecule has 1 heterocycles. The molecule has 19 heavy (non-hydrogen) atoms. The molecule has 0 N–H and O–H groups in total. The third kappa shape index (κ3) is 2.80. The van der Waals surface area contributed by atoms with E-state index in [1.807, 2.05) is 6.92 Å². The van der Waals surface area contributed by atoms with Gasteiger partial charge in [-0.05, 0) is 44.5 Å². The molecular weight excluding hydrogens is 269 g/mol. The summed E-state index contributed by atoms with van der Waals surface area (Å²) in [6, 6.07) is 3.66. The van der Waals surface area contributed by atoms with E-state index in [1.165, 1.54) is 22.5 Å². The van der Waals surface area contributed by atoms with Crippen LogP contribution in [0.15, 0.2) is 23.1 Å². The topological polar surface area (TPSA) is 46.6 Å². The first kappa shape index (κ1) is 14.4. The highest BCUT2D eigenvalue weighted by Gasteiger charge is 2.34. The highest BCUT2D eigenvalue weighted by molar-refractivity contribution is 7.89. The average Bonchev–Trinajstić information content (AvgIpc) is 2.35.